The summed E-state index contributed by atoms with van der Waals surface area (Å²) < 4.78 is 46.8. The second-order valence-corrected chi connectivity index (χ2v) is 8.83. The lowest BCUT2D eigenvalue weighted by Crippen LogP contribution is -2.42. The highest BCUT2D eigenvalue weighted by Crippen LogP contribution is 2.28. The van der Waals surface area contributed by atoms with Crippen LogP contribution in [-0.2, 0) is 14.8 Å². The Labute approximate surface area is 174 Å². The van der Waals surface area contributed by atoms with Crippen molar-refractivity contribution in [3.05, 3.63) is 77.9 Å². The highest BCUT2D eigenvalue weighted by atomic mass is 32.2. The normalized spacial score (nSPS) is 17.6. The van der Waals surface area contributed by atoms with Crippen LogP contribution < -0.4 is 5.32 Å². The van der Waals surface area contributed by atoms with Crippen molar-refractivity contribution in [3.8, 4) is 0 Å². The molecule has 0 aliphatic carbocycles. The van der Waals surface area contributed by atoms with Crippen molar-refractivity contribution in [1.82, 2.24) is 14.3 Å². The Morgan fingerprint density at radius 1 is 1.13 bits per heavy atom. The van der Waals surface area contributed by atoms with E-state index < -0.39 is 21.9 Å². The number of hydrogen-bond acceptors (Lipinski definition) is 6. The van der Waals surface area contributed by atoms with Gasteiger partial charge in [-0.05, 0) is 55.0 Å². The van der Waals surface area contributed by atoms with E-state index in [1.165, 1.54) is 16.4 Å². The third-order valence-electron chi connectivity index (χ3n) is 4.81. The first kappa shape index (κ1) is 20.4. The smallest absolute Gasteiger partial charge is 0.243 e. The molecule has 156 valence electrons. The standard InChI is InChI=1S/C21H21FN4O3S/c1-15-13-16(22)8-9-19(15)30(27,28)26-11-12-29-18(14-26)17-5-4-7-21(24-17)25-20-6-2-3-10-23-20/h2-10,13,18H,11-12,14H2,1H3,(H,23,24,25)/t18-/m1/s1. The second kappa shape index (κ2) is 8.47. The predicted molar refractivity (Wildman–Crippen MR) is 110 cm³/mol. The number of nitrogens with zero attached hydrogens (tertiary/aromatic N) is 3. The zero-order valence-electron chi connectivity index (χ0n) is 16.3. The number of morpholine rings is 1. The van der Waals surface area contributed by atoms with Crippen LogP contribution in [0.3, 0.4) is 0 Å². The lowest BCUT2D eigenvalue weighted by molar-refractivity contribution is -0.00487. The zero-order chi connectivity index (χ0) is 21.1. The highest BCUT2D eigenvalue weighted by Gasteiger charge is 2.33. The van der Waals surface area contributed by atoms with E-state index in [-0.39, 0.29) is 24.6 Å². The summed E-state index contributed by atoms with van der Waals surface area (Å²) in [5, 5.41) is 3.12. The van der Waals surface area contributed by atoms with E-state index in [0.29, 0.717) is 22.9 Å². The van der Waals surface area contributed by atoms with Crippen molar-refractivity contribution in [3.63, 3.8) is 0 Å². The van der Waals surface area contributed by atoms with Gasteiger partial charge in [0.25, 0.3) is 0 Å². The average Bonchev–Trinajstić information content (AvgIpc) is 2.74. The zero-order valence-corrected chi connectivity index (χ0v) is 17.1. The van der Waals surface area contributed by atoms with Crippen molar-refractivity contribution in [2.75, 3.05) is 25.0 Å². The van der Waals surface area contributed by atoms with Crippen molar-refractivity contribution >= 4 is 21.7 Å². The summed E-state index contributed by atoms with van der Waals surface area (Å²) in [6.45, 7) is 2.17. The molecule has 1 N–H and O–H groups in total. The van der Waals surface area contributed by atoms with E-state index in [4.69, 9.17) is 4.74 Å². The summed E-state index contributed by atoms with van der Waals surface area (Å²) in [6, 6.07) is 14.6. The van der Waals surface area contributed by atoms with Crippen molar-refractivity contribution in [2.45, 2.75) is 17.9 Å². The Kier molecular flexibility index (Phi) is 5.76. The lowest BCUT2D eigenvalue weighted by Gasteiger charge is -2.32. The summed E-state index contributed by atoms with van der Waals surface area (Å²) >= 11 is 0. The molecule has 2 aromatic heterocycles. The van der Waals surface area contributed by atoms with Crippen LogP contribution in [0.4, 0.5) is 16.0 Å². The molecule has 1 saturated heterocycles. The van der Waals surface area contributed by atoms with Gasteiger partial charge in [0, 0.05) is 19.3 Å². The number of benzene rings is 1. The molecule has 3 heterocycles. The lowest BCUT2D eigenvalue weighted by atomic mass is 10.2. The summed E-state index contributed by atoms with van der Waals surface area (Å²) in [5.74, 6) is 0.777. The van der Waals surface area contributed by atoms with Crippen molar-refractivity contribution < 1.29 is 17.5 Å². The SMILES string of the molecule is Cc1cc(F)ccc1S(=O)(=O)N1CCO[C@@H](c2cccc(Nc3ccccn3)n2)C1. The molecule has 3 aromatic rings. The number of hydrogen-bond donors (Lipinski definition) is 1. The van der Waals surface area contributed by atoms with Crippen LogP contribution in [-0.4, -0.2) is 42.4 Å². The number of nitrogens with one attached hydrogen (secondary N) is 1. The first-order valence-corrected chi connectivity index (χ1v) is 10.9. The summed E-state index contributed by atoms with van der Waals surface area (Å²) in [6.07, 6.45) is 1.16. The monoisotopic (exact) mass is 428 g/mol. The number of aromatic nitrogens is 2. The summed E-state index contributed by atoms with van der Waals surface area (Å²) in [5.41, 5.74) is 0.990. The average molecular weight is 428 g/mol. The molecular weight excluding hydrogens is 407 g/mol. The minimum absolute atomic E-state index is 0.100. The van der Waals surface area contributed by atoms with Crippen molar-refractivity contribution in [1.29, 1.82) is 0 Å². The van der Waals surface area contributed by atoms with Crippen LogP contribution >= 0.6 is 0 Å². The van der Waals surface area contributed by atoms with Gasteiger partial charge in [-0.25, -0.2) is 22.8 Å². The molecule has 4 rings (SSSR count). The fraction of sp³-hybridized carbons (Fsp3) is 0.238. The molecule has 0 bridgehead atoms. The molecule has 0 saturated carbocycles. The number of pyridine rings is 2. The first-order chi connectivity index (χ1) is 14.4. The predicted octanol–water partition coefficient (Wildman–Crippen LogP) is 3.43. The molecule has 1 aliphatic heterocycles. The molecule has 1 aromatic carbocycles. The molecule has 0 spiro atoms. The Bertz CT molecular complexity index is 1140. The highest BCUT2D eigenvalue weighted by molar-refractivity contribution is 7.89. The van der Waals surface area contributed by atoms with E-state index in [0.717, 1.165) is 6.07 Å². The van der Waals surface area contributed by atoms with Gasteiger partial charge < -0.3 is 10.1 Å². The van der Waals surface area contributed by atoms with Gasteiger partial charge in [-0.1, -0.05) is 12.1 Å². The molecule has 7 nitrogen and oxygen atoms in total. The van der Waals surface area contributed by atoms with Crippen LogP contribution in [0.25, 0.3) is 0 Å². The Morgan fingerprint density at radius 3 is 2.73 bits per heavy atom. The van der Waals surface area contributed by atoms with Gasteiger partial charge in [-0.3, -0.25) is 0 Å². The second-order valence-electron chi connectivity index (χ2n) is 6.92. The molecule has 30 heavy (non-hydrogen) atoms. The van der Waals surface area contributed by atoms with Gasteiger partial charge in [0.2, 0.25) is 10.0 Å². The van der Waals surface area contributed by atoms with Gasteiger partial charge in [-0.15, -0.1) is 0 Å². The molecule has 1 atom stereocenters. The van der Waals surface area contributed by atoms with E-state index in [2.05, 4.69) is 15.3 Å². The molecule has 1 aliphatic rings. The van der Waals surface area contributed by atoms with E-state index in [1.54, 1.807) is 25.3 Å². The van der Waals surface area contributed by atoms with Gasteiger partial charge in [0.15, 0.2) is 0 Å². The first-order valence-electron chi connectivity index (χ1n) is 9.46. The molecular formula is C21H21FN4O3S. The molecule has 1 fully saturated rings. The minimum Gasteiger partial charge on any atom is -0.369 e. The molecule has 0 amide bonds. The Hall–Kier alpha value is -2.88. The minimum atomic E-state index is -3.78. The number of ether oxygens (including phenoxy) is 1. The topological polar surface area (TPSA) is 84.4 Å². The van der Waals surface area contributed by atoms with Gasteiger partial charge in [0.1, 0.15) is 23.6 Å². The van der Waals surface area contributed by atoms with E-state index in [9.17, 15) is 12.8 Å². The van der Waals surface area contributed by atoms with Gasteiger partial charge in [-0.2, -0.15) is 4.31 Å². The van der Waals surface area contributed by atoms with Gasteiger partial charge in [0.05, 0.1) is 17.2 Å². The Morgan fingerprint density at radius 2 is 1.97 bits per heavy atom. The maximum absolute atomic E-state index is 13.4. The fourth-order valence-electron chi connectivity index (χ4n) is 3.33. The Balaban J connectivity index is 1.55. The van der Waals surface area contributed by atoms with E-state index in [1.807, 2.05) is 24.3 Å². The third kappa shape index (κ3) is 4.33. The maximum atomic E-state index is 13.4. The summed E-state index contributed by atoms with van der Waals surface area (Å²) in [4.78, 5) is 8.87. The molecule has 0 unspecified atom stereocenters. The van der Waals surface area contributed by atoms with Crippen LogP contribution in [0.2, 0.25) is 0 Å². The molecule has 0 radical (unpaired) electrons. The number of sulfonamides is 1. The largest absolute Gasteiger partial charge is 0.369 e. The quantitative estimate of drug-likeness (QED) is 0.670. The number of rotatable bonds is 5. The van der Waals surface area contributed by atoms with Crippen LogP contribution in [0, 0.1) is 12.7 Å². The van der Waals surface area contributed by atoms with Crippen LogP contribution in [0.5, 0.6) is 0 Å². The number of anilines is 2. The maximum Gasteiger partial charge on any atom is 0.243 e. The molecule has 9 heteroatoms. The van der Waals surface area contributed by atoms with Crippen LogP contribution in [0.15, 0.2) is 65.7 Å². The van der Waals surface area contributed by atoms with Crippen molar-refractivity contribution in [2.24, 2.45) is 0 Å². The third-order valence-corrected chi connectivity index (χ3v) is 6.83. The van der Waals surface area contributed by atoms with Gasteiger partial charge >= 0.3 is 0 Å². The number of aryl methyl sites for hydroxylation is 1. The fourth-order valence-corrected chi connectivity index (χ4v) is 4.96. The van der Waals surface area contributed by atoms with E-state index >= 15 is 0 Å². The summed E-state index contributed by atoms with van der Waals surface area (Å²) in [7, 11) is -3.78. The van der Waals surface area contributed by atoms with Crippen LogP contribution in [0.1, 0.15) is 17.4 Å². The number of halogens is 1.